The van der Waals surface area contributed by atoms with Gasteiger partial charge in [0.15, 0.2) is 0 Å². The lowest BCUT2D eigenvalue weighted by Crippen LogP contribution is -2.37. The summed E-state index contributed by atoms with van der Waals surface area (Å²) in [5, 5.41) is 0. The van der Waals surface area contributed by atoms with Crippen molar-refractivity contribution in [3.05, 3.63) is 41.7 Å². The summed E-state index contributed by atoms with van der Waals surface area (Å²) in [6.45, 7) is 4.23. The fourth-order valence-corrected chi connectivity index (χ4v) is 3.80. The van der Waals surface area contributed by atoms with Crippen molar-refractivity contribution in [2.24, 2.45) is 0 Å². The molecule has 0 unspecified atom stereocenters. The Hall–Kier alpha value is -2.44. The van der Waals surface area contributed by atoms with E-state index in [1.54, 1.807) is 13.0 Å². The van der Waals surface area contributed by atoms with Gasteiger partial charge in [0.25, 0.3) is 0 Å². The number of nitrogens with one attached hydrogen (secondary N) is 1. The number of ether oxygens (including phenoxy) is 2. The Bertz CT molecular complexity index is 962. The van der Waals surface area contributed by atoms with Crippen LogP contribution in [0.5, 0.6) is 5.88 Å². The van der Waals surface area contributed by atoms with E-state index in [1.165, 1.54) is 0 Å². The van der Waals surface area contributed by atoms with Crippen molar-refractivity contribution in [1.29, 1.82) is 0 Å². The Morgan fingerprint density at radius 1 is 1.17 bits per heavy atom. The summed E-state index contributed by atoms with van der Waals surface area (Å²) in [6.07, 6.45) is -4.53. The highest BCUT2D eigenvalue weighted by molar-refractivity contribution is 7.89. The molecule has 0 bridgehead atoms. The number of anilines is 1. The second-order valence-corrected chi connectivity index (χ2v) is 8.25. The van der Waals surface area contributed by atoms with Gasteiger partial charge in [-0.25, -0.2) is 18.1 Å². The monoisotopic (exact) mass is 446 g/mol. The molecule has 3 rings (SSSR count). The molecule has 1 aliphatic heterocycles. The maximum absolute atomic E-state index is 12.6. The molecule has 0 aliphatic carbocycles. The van der Waals surface area contributed by atoms with Gasteiger partial charge >= 0.3 is 6.18 Å². The van der Waals surface area contributed by atoms with Crippen molar-refractivity contribution in [3.8, 4) is 5.88 Å². The van der Waals surface area contributed by atoms with Crippen LogP contribution in [0, 0.1) is 6.92 Å². The van der Waals surface area contributed by atoms with Gasteiger partial charge in [0.05, 0.1) is 23.7 Å². The zero-order valence-electron chi connectivity index (χ0n) is 16.1. The first-order valence-corrected chi connectivity index (χ1v) is 10.6. The van der Waals surface area contributed by atoms with Crippen LogP contribution in [-0.2, 0) is 20.9 Å². The topological polar surface area (TPSA) is 93.6 Å². The summed E-state index contributed by atoms with van der Waals surface area (Å²) < 4.78 is 75.4. The SMILES string of the molecule is Cc1nc(OCCNS(=O)(=O)c2ccc(C(F)(F)F)cc2)cc(N2CCOCC2)n1. The molecule has 164 valence electrons. The second-order valence-electron chi connectivity index (χ2n) is 6.48. The van der Waals surface area contributed by atoms with Crippen LogP contribution >= 0.6 is 0 Å². The number of morpholine rings is 1. The number of hydrogen-bond acceptors (Lipinski definition) is 7. The standard InChI is InChI=1S/C18H21F3N4O4S/c1-13-23-16(25-7-10-28-11-8-25)12-17(24-13)29-9-6-22-30(26,27)15-4-2-14(3-5-15)18(19,20)21/h2-5,12,22H,6-11H2,1H3. The maximum Gasteiger partial charge on any atom is 0.416 e. The average Bonchev–Trinajstić information content (AvgIpc) is 2.71. The van der Waals surface area contributed by atoms with Crippen LogP contribution in [-0.4, -0.2) is 57.8 Å². The fourth-order valence-electron chi connectivity index (χ4n) is 2.79. The van der Waals surface area contributed by atoms with Gasteiger partial charge in [0.1, 0.15) is 18.2 Å². The lowest BCUT2D eigenvalue weighted by atomic mass is 10.2. The highest BCUT2D eigenvalue weighted by Crippen LogP contribution is 2.29. The molecule has 8 nitrogen and oxygen atoms in total. The van der Waals surface area contributed by atoms with Gasteiger partial charge in [-0.05, 0) is 31.2 Å². The van der Waals surface area contributed by atoms with Crippen molar-refractivity contribution in [3.63, 3.8) is 0 Å². The molecule has 2 heterocycles. The molecule has 0 radical (unpaired) electrons. The largest absolute Gasteiger partial charge is 0.476 e. The van der Waals surface area contributed by atoms with Crippen LogP contribution < -0.4 is 14.4 Å². The molecule has 0 amide bonds. The van der Waals surface area contributed by atoms with Gasteiger partial charge in [-0.2, -0.15) is 18.2 Å². The number of sulfonamides is 1. The van der Waals surface area contributed by atoms with Crippen molar-refractivity contribution in [2.45, 2.75) is 18.0 Å². The predicted octanol–water partition coefficient (Wildman–Crippen LogP) is 2.00. The Balaban J connectivity index is 1.55. The van der Waals surface area contributed by atoms with E-state index < -0.39 is 21.8 Å². The third kappa shape index (κ3) is 5.80. The summed E-state index contributed by atoms with van der Waals surface area (Å²) >= 11 is 0. The number of rotatable bonds is 7. The number of aryl methyl sites for hydroxylation is 1. The average molecular weight is 446 g/mol. The molecule has 2 aromatic rings. The minimum Gasteiger partial charge on any atom is -0.476 e. The lowest BCUT2D eigenvalue weighted by molar-refractivity contribution is -0.137. The van der Waals surface area contributed by atoms with E-state index in [9.17, 15) is 21.6 Å². The first-order chi connectivity index (χ1) is 14.1. The first kappa shape index (κ1) is 22.2. The van der Waals surface area contributed by atoms with E-state index in [-0.39, 0.29) is 18.0 Å². The Kier molecular flexibility index (Phi) is 6.78. The Morgan fingerprint density at radius 3 is 2.47 bits per heavy atom. The van der Waals surface area contributed by atoms with Crippen molar-refractivity contribution in [2.75, 3.05) is 44.4 Å². The maximum atomic E-state index is 12.6. The van der Waals surface area contributed by atoms with Gasteiger partial charge in [-0.1, -0.05) is 0 Å². The second kappa shape index (κ2) is 9.14. The van der Waals surface area contributed by atoms with Crippen LogP contribution in [0.4, 0.5) is 19.0 Å². The van der Waals surface area contributed by atoms with Crippen LogP contribution in [0.1, 0.15) is 11.4 Å². The van der Waals surface area contributed by atoms with Gasteiger partial charge in [0.2, 0.25) is 15.9 Å². The third-order valence-corrected chi connectivity index (χ3v) is 5.75. The Labute approximate surface area is 172 Å². The van der Waals surface area contributed by atoms with Gasteiger partial charge in [-0.3, -0.25) is 0 Å². The molecule has 30 heavy (non-hydrogen) atoms. The van der Waals surface area contributed by atoms with Gasteiger partial charge in [-0.15, -0.1) is 0 Å². The van der Waals surface area contributed by atoms with Crippen LogP contribution in [0.15, 0.2) is 35.2 Å². The van der Waals surface area contributed by atoms with E-state index in [0.717, 1.165) is 24.3 Å². The molecule has 1 N–H and O–H groups in total. The predicted molar refractivity (Wildman–Crippen MR) is 102 cm³/mol. The van der Waals surface area contributed by atoms with Crippen molar-refractivity contribution < 1.29 is 31.1 Å². The van der Waals surface area contributed by atoms with Crippen molar-refractivity contribution >= 4 is 15.8 Å². The summed E-state index contributed by atoms with van der Waals surface area (Å²) in [4.78, 5) is 10.3. The molecule has 12 heteroatoms. The highest BCUT2D eigenvalue weighted by atomic mass is 32.2. The molecule has 0 atom stereocenters. The molecule has 0 saturated carbocycles. The first-order valence-electron chi connectivity index (χ1n) is 9.13. The van der Waals surface area contributed by atoms with Crippen LogP contribution in [0.2, 0.25) is 0 Å². The summed E-state index contributed by atoms with van der Waals surface area (Å²) in [6, 6.07) is 4.94. The van der Waals surface area contributed by atoms with E-state index in [1.807, 2.05) is 4.90 Å². The van der Waals surface area contributed by atoms with Crippen molar-refractivity contribution in [1.82, 2.24) is 14.7 Å². The van der Waals surface area contributed by atoms with Crippen LogP contribution in [0.3, 0.4) is 0 Å². The quantitative estimate of drug-likeness (QED) is 0.650. The smallest absolute Gasteiger partial charge is 0.416 e. The number of aromatic nitrogens is 2. The molecule has 0 spiro atoms. The molecular formula is C18H21F3N4O4S. The summed E-state index contributed by atoms with van der Waals surface area (Å²) in [5.74, 6) is 1.52. The zero-order valence-corrected chi connectivity index (χ0v) is 17.0. The number of halogens is 3. The van der Waals surface area contributed by atoms with E-state index in [0.29, 0.717) is 43.8 Å². The fraction of sp³-hybridized carbons (Fsp3) is 0.444. The van der Waals surface area contributed by atoms with Gasteiger partial charge in [0, 0.05) is 25.7 Å². The molecule has 1 saturated heterocycles. The number of nitrogens with zero attached hydrogens (tertiary/aromatic N) is 3. The molecule has 1 aliphatic rings. The number of hydrogen-bond donors (Lipinski definition) is 1. The van der Waals surface area contributed by atoms with E-state index in [2.05, 4.69) is 14.7 Å². The molecular weight excluding hydrogens is 425 g/mol. The molecule has 1 fully saturated rings. The summed E-state index contributed by atoms with van der Waals surface area (Å²) in [7, 11) is -3.96. The minimum absolute atomic E-state index is 0.0150. The third-order valence-electron chi connectivity index (χ3n) is 4.27. The minimum atomic E-state index is -4.53. The highest BCUT2D eigenvalue weighted by Gasteiger charge is 2.30. The number of alkyl halides is 3. The molecule has 1 aromatic carbocycles. The normalized spacial score (nSPS) is 15.3. The summed E-state index contributed by atoms with van der Waals surface area (Å²) in [5.41, 5.74) is -0.917. The van der Waals surface area contributed by atoms with E-state index >= 15 is 0 Å². The van der Waals surface area contributed by atoms with E-state index in [4.69, 9.17) is 9.47 Å². The number of benzene rings is 1. The zero-order chi connectivity index (χ0) is 21.8. The lowest BCUT2D eigenvalue weighted by Gasteiger charge is -2.28. The molecule has 1 aromatic heterocycles. The van der Waals surface area contributed by atoms with Crippen LogP contribution in [0.25, 0.3) is 0 Å². The van der Waals surface area contributed by atoms with Gasteiger partial charge < -0.3 is 14.4 Å². The Morgan fingerprint density at radius 2 is 1.83 bits per heavy atom.